The van der Waals surface area contributed by atoms with Crippen LogP contribution in [0.25, 0.3) is 0 Å². The van der Waals surface area contributed by atoms with Gasteiger partial charge in [0, 0.05) is 75.5 Å². The number of morpholine rings is 1. The molecule has 1 amide bonds. The van der Waals surface area contributed by atoms with Crippen LogP contribution in [0.5, 0.6) is 5.75 Å². The molecule has 52 heavy (non-hydrogen) atoms. The van der Waals surface area contributed by atoms with Crippen molar-refractivity contribution in [3.8, 4) is 5.75 Å². The summed E-state index contributed by atoms with van der Waals surface area (Å²) in [6.07, 6.45) is 10.3. The van der Waals surface area contributed by atoms with Crippen LogP contribution >= 0.6 is 11.6 Å². The second-order valence-corrected chi connectivity index (χ2v) is 17.2. The van der Waals surface area contributed by atoms with Crippen LogP contribution in [0.1, 0.15) is 73.9 Å². The molecule has 0 spiro atoms. The maximum atomic E-state index is 13.4. The molecule has 3 heterocycles. The number of fused-ring (bicyclic) bond motifs is 2. The number of benzene rings is 2. The Labute approximate surface area is 319 Å². The van der Waals surface area contributed by atoms with Gasteiger partial charge in [-0.1, -0.05) is 50.1 Å². The lowest BCUT2D eigenvalue weighted by molar-refractivity contribution is -0.0492. The second kappa shape index (κ2) is 18.7. The summed E-state index contributed by atoms with van der Waals surface area (Å²) in [6.45, 7) is 15.9. The first-order valence-electron chi connectivity index (χ1n) is 19.5. The van der Waals surface area contributed by atoms with Gasteiger partial charge in [-0.3, -0.25) is 19.3 Å². The molecule has 6 rings (SSSR count). The van der Waals surface area contributed by atoms with Crippen molar-refractivity contribution in [2.45, 2.75) is 70.1 Å². The largest absolute Gasteiger partial charge is 0.491 e. The number of hydrogen-bond donors (Lipinski definition) is 1. The molecule has 2 aromatic rings. The highest BCUT2D eigenvalue weighted by atomic mass is 35.5. The first-order valence-corrected chi connectivity index (χ1v) is 21.1. The van der Waals surface area contributed by atoms with Crippen molar-refractivity contribution in [2.75, 3.05) is 84.3 Å². The van der Waals surface area contributed by atoms with Gasteiger partial charge >= 0.3 is 0 Å². The topological polar surface area (TPSA) is 83.6 Å². The number of anilines is 1. The molecule has 0 bridgehead atoms. The molecule has 286 valence electrons. The zero-order chi connectivity index (χ0) is 36.6. The van der Waals surface area contributed by atoms with E-state index in [1.807, 2.05) is 18.2 Å². The monoisotopic (exact) mass is 754 g/mol. The number of nitrogens with zero attached hydrogens (tertiary/aromatic N) is 3. The number of halogens is 1. The lowest BCUT2D eigenvalue weighted by Gasteiger charge is -2.48. The van der Waals surface area contributed by atoms with Crippen LogP contribution < -0.4 is 14.4 Å². The third-order valence-corrected chi connectivity index (χ3v) is 13.0. The molecule has 11 heteroatoms. The summed E-state index contributed by atoms with van der Waals surface area (Å²) in [6, 6.07) is 12.4. The van der Waals surface area contributed by atoms with Crippen molar-refractivity contribution >= 4 is 34.2 Å². The zero-order valence-electron chi connectivity index (χ0n) is 31.6. The van der Waals surface area contributed by atoms with Gasteiger partial charge in [-0.2, -0.15) is 0 Å². The van der Waals surface area contributed by atoms with Crippen LogP contribution in [0.15, 0.2) is 48.6 Å². The first-order chi connectivity index (χ1) is 25.3. The molecule has 0 radical (unpaired) electrons. The van der Waals surface area contributed by atoms with Crippen molar-refractivity contribution < 1.29 is 23.2 Å². The summed E-state index contributed by atoms with van der Waals surface area (Å²) in [7, 11) is 0.00319. The molecule has 4 aliphatic rings. The van der Waals surface area contributed by atoms with Gasteiger partial charge in [0.1, 0.15) is 16.7 Å². The molecule has 3 fully saturated rings. The molecular formula is C41H59ClN4O5S. The lowest BCUT2D eigenvalue weighted by Crippen LogP contribution is -2.59. The van der Waals surface area contributed by atoms with E-state index in [4.69, 9.17) is 25.8 Å². The maximum absolute atomic E-state index is 13.4. The molecule has 7 unspecified atom stereocenters. The highest BCUT2D eigenvalue weighted by molar-refractivity contribution is 7.84. The van der Waals surface area contributed by atoms with Crippen LogP contribution in [0, 0.1) is 17.8 Å². The number of nitrogens with one attached hydrogen (secondary N) is 1. The standard InChI is InChI=1S/C41H59ClN4O5S/c1-5-7-9-32(22-44-16-17-45-18-19-50-28-36(45)25-44)38-13-10-33(38)23-46-24-34(37-14-12-35(42)20-30(37)8-6-2)27-51-40-15-11-31(21-39(40)46)41(47)43-52(48)29(3)26-49-4/h7,9,11-12,14-15,20-21,29,32-34,36,38H,5-6,8,10,13,16-19,22-28H2,1-4H3,(H,43,47)/b9-7+. The molecule has 7 atom stereocenters. The molecule has 1 aliphatic carbocycles. The molecule has 0 aromatic heterocycles. The molecule has 2 saturated heterocycles. The minimum Gasteiger partial charge on any atom is -0.491 e. The van der Waals surface area contributed by atoms with E-state index in [-0.39, 0.29) is 17.1 Å². The van der Waals surface area contributed by atoms with Crippen LogP contribution in [-0.2, 0) is 26.9 Å². The van der Waals surface area contributed by atoms with Gasteiger partial charge in [0.05, 0.1) is 37.4 Å². The Morgan fingerprint density at radius 1 is 1.12 bits per heavy atom. The normalized spacial score (nSPS) is 25.7. The van der Waals surface area contributed by atoms with Crippen molar-refractivity contribution in [1.29, 1.82) is 0 Å². The van der Waals surface area contributed by atoms with E-state index < -0.39 is 11.0 Å². The predicted octanol–water partition coefficient (Wildman–Crippen LogP) is 6.33. The smallest absolute Gasteiger partial charge is 0.263 e. The van der Waals surface area contributed by atoms with Crippen molar-refractivity contribution in [3.63, 3.8) is 0 Å². The fourth-order valence-electron chi connectivity index (χ4n) is 8.60. The molecule has 9 nitrogen and oxygen atoms in total. The summed E-state index contributed by atoms with van der Waals surface area (Å²) in [4.78, 5) is 21.2. The number of hydrogen-bond acceptors (Lipinski definition) is 8. The van der Waals surface area contributed by atoms with E-state index in [2.05, 4.69) is 57.6 Å². The summed E-state index contributed by atoms with van der Waals surface area (Å²) < 4.78 is 33.2. The van der Waals surface area contributed by atoms with E-state index in [9.17, 15) is 9.00 Å². The van der Waals surface area contributed by atoms with Gasteiger partial charge in [0.15, 0.2) is 0 Å². The van der Waals surface area contributed by atoms with E-state index in [1.165, 1.54) is 24.0 Å². The third kappa shape index (κ3) is 9.60. The van der Waals surface area contributed by atoms with Gasteiger partial charge < -0.3 is 19.1 Å². The minimum atomic E-state index is -1.57. The molecule has 1 saturated carbocycles. The van der Waals surface area contributed by atoms with Gasteiger partial charge in [-0.25, -0.2) is 4.21 Å². The molecule has 3 aliphatic heterocycles. The van der Waals surface area contributed by atoms with Crippen molar-refractivity contribution in [1.82, 2.24) is 14.5 Å². The van der Waals surface area contributed by atoms with Gasteiger partial charge in [-0.05, 0) is 91.8 Å². The van der Waals surface area contributed by atoms with E-state index in [1.54, 1.807) is 20.1 Å². The number of aryl methyl sites for hydroxylation is 1. The van der Waals surface area contributed by atoms with Crippen molar-refractivity contribution in [3.05, 3.63) is 70.3 Å². The predicted molar refractivity (Wildman–Crippen MR) is 211 cm³/mol. The van der Waals surface area contributed by atoms with E-state index in [0.29, 0.717) is 42.6 Å². The zero-order valence-corrected chi connectivity index (χ0v) is 33.1. The molecule has 2 aromatic carbocycles. The number of carbonyl (C=O) groups is 1. The summed E-state index contributed by atoms with van der Waals surface area (Å²) in [5, 5.41) is 0.438. The fourth-order valence-corrected chi connectivity index (χ4v) is 9.55. The SMILES string of the molecule is CC/C=C/C(CN1CCN2CCOCC2C1)C1CCC1CN1CC(c2ccc(Cl)cc2CCC)COc2ccc(C(=O)NS(=O)C(C)COC)cc21. The third-order valence-electron chi connectivity index (χ3n) is 11.6. The van der Waals surface area contributed by atoms with Crippen molar-refractivity contribution in [2.24, 2.45) is 17.8 Å². The Balaban J connectivity index is 1.25. The Morgan fingerprint density at radius 3 is 2.75 bits per heavy atom. The number of piperazine rings is 1. The number of carbonyl (C=O) groups excluding carboxylic acids is 1. The molecule has 1 N–H and O–H groups in total. The number of methoxy groups -OCH3 is 1. The number of rotatable bonds is 15. The quantitative estimate of drug-likeness (QED) is 0.212. The summed E-state index contributed by atoms with van der Waals surface area (Å²) in [5.41, 5.74) is 3.96. The lowest BCUT2D eigenvalue weighted by atomic mass is 9.66. The highest BCUT2D eigenvalue weighted by Gasteiger charge is 2.40. The number of allylic oxidation sites excluding steroid dienone is 1. The summed E-state index contributed by atoms with van der Waals surface area (Å²) in [5.74, 6) is 2.14. The fraction of sp³-hybridized carbons (Fsp3) is 0.634. The second-order valence-electron chi connectivity index (χ2n) is 15.2. The number of amides is 1. The molecular weight excluding hydrogens is 696 g/mol. The Bertz CT molecular complexity index is 1560. The van der Waals surface area contributed by atoms with Crippen LogP contribution in [0.4, 0.5) is 5.69 Å². The van der Waals surface area contributed by atoms with Gasteiger partial charge in [0.2, 0.25) is 0 Å². The van der Waals surface area contributed by atoms with E-state index in [0.717, 1.165) is 94.7 Å². The Morgan fingerprint density at radius 2 is 1.98 bits per heavy atom. The van der Waals surface area contributed by atoms with Crippen LogP contribution in [0.2, 0.25) is 5.02 Å². The Hall–Kier alpha value is -2.47. The Kier molecular flexibility index (Phi) is 14.1. The van der Waals surface area contributed by atoms with Gasteiger partial charge in [-0.15, -0.1) is 0 Å². The van der Waals surface area contributed by atoms with E-state index >= 15 is 0 Å². The van der Waals surface area contributed by atoms with Crippen LogP contribution in [0.3, 0.4) is 0 Å². The van der Waals surface area contributed by atoms with Gasteiger partial charge in [0.25, 0.3) is 5.91 Å². The highest BCUT2D eigenvalue weighted by Crippen LogP contribution is 2.44. The average molecular weight is 755 g/mol. The number of ether oxygens (including phenoxy) is 3. The first kappa shape index (κ1) is 39.2. The summed E-state index contributed by atoms with van der Waals surface area (Å²) >= 11 is 6.50. The minimum absolute atomic E-state index is 0.134. The maximum Gasteiger partial charge on any atom is 0.263 e. The average Bonchev–Trinajstić information content (AvgIpc) is 3.31. The van der Waals surface area contributed by atoms with Crippen LogP contribution in [-0.4, -0.2) is 111 Å².